The number of rotatable bonds is 7. The summed E-state index contributed by atoms with van der Waals surface area (Å²) in [4.78, 5) is 2.42. The molecule has 2 heterocycles. The average Bonchev–Trinajstić information content (AvgIpc) is 3.16. The van der Waals surface area contributed by atoms with Crippen LogP contribution in [0.2, 0.25) is 0 Å². The Kier molecular flexibility index (Phi) is 6.23. The number of likely N-dealkylation sites (tertiary alicyclic amines) is 1. The van der Waals surface area contributed by atoms with Crippen molar-refractivity contribution >= 4 is 0 Å². The number of halogens is 1. The summed E-state index contributed by atoms with van der Waals surface area (Å²) in [6.07, 6.45) is 5.57. The van der Waals surface area contributed by atoms with Gasteiger partial charge in [-0.05, 0) is 61.8 Å². The van der Waals surface area contributed by atoms with Gasteiger partial charge in [0.2, 0.25) is 5.88 Å². The first-order valence-electron chi connectivity index (χ1n) is 10.4. The predicted octanol–water partition coefficient (Wildman–Crippen LogP) is 4.86. The molecule has 1 fully saturated rings. The first kappa shape index (κ1) is 20.3. The van der Waals surface area contributed by atoms with Crippen molar-refractivity contribution in [3.63, 3.8) is 0 Å². The highest BCUT2D eigenvalue weighted by atomic mass is 19.1. The van der Waals surface area contributed by atoms with Crippen LogP contribution < -0.4 is 9.47 Å². The van der Waals surface area contributed by atoms with Gasteiger partial charge < -0.3 is 14.6 Å². The van der Waals surface area contributed by atoms with E-state index in [0.29, 0.717) is 29.2 Å². The van der Waals surface area contributed by atoms with Gasteiger partial charge in [-0.3, -0.25) is 9.47 Å². The maximum atomic E-state index is 13.6. The van der Waals surface area contributed by atoms with Crippen LogP contribution in [0.1, 0.15) is 19.3 Å². The Morgan fingerprint density at radius 3 is 2.60 bits per heavy atom. The molecule has 1 N–H and O–H groups in total. The SMILES string of the molecule is COc1ccc(-n2ccc(-c3cccc(F)c3)c2O)cc1OCCN1CCCCC1. The lowest BCUT2D eigenvalue weighted by Gasteiger charge is -2.26. The van der Waals surface area contributed by atoms with E-state index in [4.69, 9.17) is 9.47 Å². The molecule has 0 bridgehead atoms. The molecule has 1 aromatic heterocycles. The zero-order valence-corrected chi connectivity index (χ0v) is 17.2. The van der Waals surface area contributed by atoms with E-state index in [2.05, 4.69) is 4.90 Å². The Morgan fingerprint density at radius 1 is 1.00 bits per heavy atom. The van der Waals surface area contributed by atoms with Crippen molar-refractivity contribution in [1.82, 2.24) is 9.47 Å². The minimum absolute atomic E-state index is 0.0463. The lowest BCUT2D eigenvalue weighted by atomic mass is 10.1. The Bertz CT molecular complexity index is 996. The monoisotopic (exact) mass is 410 g/mol. The highest BCUT2D eigenvalue weighted by Gasteiger charge is 2.15. The summed E-state index contributed by atoms with van der Waals surface area (Å²) in [6.45, 7) is 3.71. The van der Waals surface area contributed by atoms with Crippen molar-refractivity contribution in [2.24, 2.45) is 0 Å². The van der Waals surface area contributed by atoms with Gasteiger partial charge in [0.25, 0.3) is 0 Å². The molecule has 0 amide bonds. The largest absolute Gasteiger partial charge is 0.494 e. The molecule has 1 aliphatic rings. The van der Waals surface area contributed by atoms with Gasteiger partial charge in [-0.15, -0.1) is 0 Å². The Balaban J connectivity index is 1.54. The number of aromatic nitrogens is 1. The van der Waals surface area contributed by atoms with Gasteiger partial charge >= 0.3 is 0 Å². The number of nitrogens with zero attached hydrogens (tertiary/aromatic N) is 2. The third kappa shape index (κ3) is 4.44. The Hall–Kier alpha value is -2.99. The topological polar surface area (TPSA) is 46.9 Å². The van der Waals surface area contributed by atoms with Crippen LogP contribution in [0.5, 0.6) is 17.4 Å². The van der Waals surface area contributed by atoms with Crippen LogP contribution in [0.15, 0.2) is 54.7 Å². The van der Waals surface area contributed by atoms with Gasteiger partial charge in [-0.25, -0.2) is 4.39 Å². The molecule has 5 nitrogen and oxygen atoms in total. The fraction of sp³-hybridized carbons (Fsp3) is 0.333. The number of benzene rings is 2. The summed E-state index contributed by atoms with van der Waals surface area (Å²) in [6, 6.07) is 13.5. The van der Waals surface area contributed by atoms with E-state index in [1.807, 2.05) is 18.2 Å². The van der Waals surface area contributed by atoms with Crippen molar-refractivity contribution in [2.45, 2.75) is 19.3 Å². The van der Waals surface area contributed by atoms with E-state index < -0.39 is 0 Å². The van der Waals surface area contributed by atoms with Gasteiger partial charge in [0.1, 0.15) is 12.4 Å². The third-order valence-corrected chi connectivity index (χ3v) is 5.53. The van der Waals surface area contributed by atoms with Crippen LogP contribution in [-0.4, -0.2) is 47.9 Å². The van der Waals surface area contributed by atoms with Crippen molar-refractivity contribution < 1.29 is 19.0 Å². The summed E-state index contributed by atoms with van der Waals surface area (Å²) >= 11 is 0. The van der Waals surface area contributed by atoms with Crippen molar-refractivity contribution in [2.75, 3.05) is 33.4 Å². The highest BCUT2D eigenvalue weighted by molar-refractivity contribution is 5.70. The Labute approximate surface area is 176 Å². The van der Waals surface area contributed by atoms with E-state index >= 15 is 0 Å². The number of hydrogen-bond donors (Lipinski definition) is 1. The summed E-state index contributed by atoms with van der Waals surface area (Å²) in [5.41, 5.74) is 1.93. The molecule has 0 atom stereocenters. The maximum Gasteiger partial charge on any atom is 0.203 e. The number of methoxy groups -OCH3 is 1. The molecule has 0 aliphatic carbocycles. The molecule has 0 unspecified atom stereocenters. The van der Waals surface area contributed by atoms with E-state index in [1.54, 1.807) is 36.1 Å². The van der Waals surface area contributed by atoms with Crippen LogP contribution in [0.25, 0.3) is 16.8 Å². The second-order valence-electron chi connectivity index (χ2n) is 7.52. The predicted molar refractivity (Wildman–Crippen MR) is 115 cm³/mol. The van der Waals surface area contributed by atoms with Crippen molar-refractivity contribution in [3.8, 4) is 34.2 Å². The fourth-order valence-electron chi connectivity index (χ4n) is 3.91. The molecule has 3 aromatic rings. The fourth-order valence-corrected chi connectivity index (χ4v) is 3.91. The quantitative estimate of drug-likeness (QED) is 0.604. The second-order valence-corrected chi connectivity index (χ2v) is 7.52. The minimum atomic E-state index is -0.339. The maximum absolute atomic E-state index is 13.6. The molecular weight excluding hydrogens is 383 g/mol. The lowest BCUT2D eigenvalue weighted by molar-refractivity contribution is 0.180. The zero-order valence-electron chi connectivity index (χ0n) is 17.2. The number of piperidine rings is 1. The third-order valence-electron chi connectivity index (χ3n) is 5.53. The molecule has 0 spiro atoms. The molecule has 0 saturated carbocycles. The van der Waals surface area contributed by atoms with Crippen molar-refractivity contribution in [3.05, 3.63) is 60.5 Å². The molecule has 1 aliphatic heterocycles. The number of aromatic hydroxyl groups is 1. The average molecular weight is 410 g/mol. The van der Waals surface area contributed by atoms with Gasteiger partial charge in [0.05, 0.1) is 12.8 Å². The van der Waals surface area contributed by atoms with Gasteiger partial charge in [0, 0.05) is 24.4 Å². The minimum Gasteiger partial charge on any atom is -0.494 e. The zero-order chi connectivity index (χ0) is 20.9. The van der Waals surface area contributed by atoms with E-state index in [-0.39, 0.29) is 11.7 Å². The molecule has 1 saturated heterocycles. The molecule has 30 heavy (non-hydrogen) atoms. The smallest absolute Gasteiger partial charge is 0.203 e. The molecular formula is C24H27FN2O3. The molecule has 2 aromatic carbocycles. The van der Waals surface area contributed by atoms with E-state index in [9.17, 15) is 9.50 Å². The van der Waals surface area contributed by atoms with Gasteiger partial charge in [0.15, 0.2) is 11.5 Å². The lowest BCUT2D eigenvalue weighted by Crippen LogP contribution is -2.33. The summed E-state index contributed by atoms with van der Waals surface area (Å²) < 4.78 is 26.7. The highest BCUT2D eigenvalue weighted by Crippen LogP contribution is 2.36. The first-order chi connectivity index (χ1) is 14.7. The first-order valence-corrected chi connectivity index (χ1v) is 10.4. The number of ether oxygens (including phenoxy) is 2. The van der Waals surface area contributed by atoms with Gasteiger partial charge in [-0.1, -0.05) is 18.6 Å². The van der Waals surface area contributed by atoms with Crippen LogP contribution in [0, 0.1) is 5.82 Å². The summed E-state index contributed by atoms with van der Waals surface area (Å²) in [5, 5.41) is 10.8. The number of hydrogen-bond acceptors (Lipinski definition) is 4. The van der Waals surface area contributed by atoms with Crippen LogP contribution >= 0.6 is 0 Å². The standard InChI is InChI=1S/C24H27FN2O3/c1-29-22-9-8-20(17-23(22)30-15-14-26-11-3-2-4-12-26)27-13-10-21(24(27)28)18-6-5-7-19(25)16-18/h5-10,13,16-17,28H,2-4,11-12,14-15H2,1H3. The molecule has 0 radical (unpaired) electrons. The van der Waals surface area contributed by atoms with Crippen LogP contribution in [-0.2, 0) is 0 Å². The molecule has 4 rings (SSSR count). The Morgan fingerprint density at radius 2 is 1.83 bits per heavy atom. The summed E-state index contributed by atoms with van der Waals surface area (Å²) in [7, 11) is 1.61. The van der Waals surface area contributed by atoms with Crippen molar-refractivity contribution in [1.29, 1.82) is 0 Å². The van der Waals surface area contributed by atoms with Crippen LogP contribution in [0.4, 0.5) is 4.39 Å². The molecule has 158 valence electrons. The second kappa shape index (κ2) is 9.22. The van der Waals surface area contributed by atoms with Crippen LogP contribution in [0.3, 0.4) is 0 Å². The van der Waals surface area contributed by atoms with Gasteiger partial charge in [-0.2, -0.15) is 0 Å². The molecule has 6 heteroatoms. The summed E-state index contributed by atoms with van der Waals surface area (Å²) in [5.74, 6) is 0.986. The normalized spacial score (nSPS) is 14.6. The van der Waals surface area contributed by atoms with E-state index in [0.717, 1.165) is 25.3 Å². The van der Waals surface area contributed by atoms with E-state index in [1.165, 1.54) is 31.4 Å².